The molecule has 2 aromatic carbocycles. The van der Waals surface area contributed by atoms with Gasteiger partial charge in [-0.25, -0.2) is 0 Å². The highest BCUT2D eigenvalue weighted by Gasteiger charge is 2.32. The van der Waals surface area contributed by atoms with Crippen LogP contribution in [-0.4, -0.2) is 76.1 Å². The molecular formula is C30H33F3N4O5. The van der Waals surface area contributed by atoms with Crippen LogP contribution in [0.4, 0.5) is 13.2 Å². The maximum absolute atomic E-state index is 13.6. The zero-order valence-corrected chi connectivity index (χ0v) is 24.1. The quantitative estimate of drug-likeness (QED) is 0.247. The number of likely N-dealkylation sites (N-methyl/N-ethyl adjacent to an activating group) is 2. The normalized spacial score (nSPS) is 14.7. The molecule has 5 rings (SSSR count). The standard InChI is InChI=1S/C30H33F3N4O5/c1-6-35(7-2)19(4)29(39)37-16-21(23-13-22(8-9-24(23)37)42-30(31,32)33)15-34(5)18(3)28(38)36-11-10-20-12-26-27(14-25(20)36)41-17-40-26/h8-14,16,18-19H,6-7,15,17H2,1-5H3/t18-,19-/m0/s1. The van der Waals surface area contributed by atoms with Crippen molar-refractivity contribution in [3.05, 3.63) is 54.4 Å². The van der Waals surface area contributed by atoms with Gasteiger partial charge in [0.1, 0.15) is 5.75 Å². The summed E-state index contributed by atoms with van der Waals surface area (Å²) in [6, 6.07) is 8.27. The number of hydrogen-bond acceptors (Lipinski definition) is 7. The van der Waals surface area contributed by atoms with Gasteiger partial charge in [-0.1, -0.05) is 13.8 Å². The van der Waals surface area contributed by atoms with Crippen LogP contribution in [0.2, 0.25) is 0 Å². The summed E-state index contributed by atoms with van der Waals surface area (Å²) in [7, 11) is 1.75. The van der Waals surface area contributed by atoms with Crippen LogP contribution in [-0.2, 0) is 6.54 Å². The van der Waals surface area contributed by atoms with Crippen LogP contribution in [0, 0.1) is 0 Å². The summed E-state index contributed by atoms with van der Waals surface area (Å²) in [5, 5.41) is 1.26. The molecule has 0 saturated carbocycles. The fourth-order valence-electron chi connectivity index (χ4n) is 5.42. The summed E-state index contributed by atoms with van der Waals surface area (Å²) >= 11 is 0. The lowest BCUT2D eigenvalue weighted by Crippen LogP contribution is -2.41. The Bertz CT molecular complexity index is 1640. The van der Waals surface area contributed by atoms with Gasteiger partial charge in [-0.15, -0.1) is 13.2 Å². The lowest BCUT2D eigenvalue weighted by Gasteiger charge is -2.25. The van der Waals surface area contributed by atoms with Crippen molar-refractivity contribution in [2.24, 2.45) is 0 Å². The monoisotopic (exact) mass is 586 g/mol. The lowest BCUT2D eigenvalue weighted by atomic mass is 10.1. The van der Waals surface area contributed by atoms with Crippen LogP contribution < -0.4 is 14.2 Å². The van der Waals surface area contributed by atoms with Gasteiger partial charge in [-0.05, 0) is 69.9 Å². The third-order valence-corrected chi connectivity index (χ3v) is 7.91. The van der Waals surface area contributed by atoms with E-state index in [2.05, 4.69) is 4.74 Å². The molecule has 0 fully saturated rings. The van der Waals surface area contributed by atoms with E-state index in [0.29, 0.717) is 46.6 Å². The molecule has 0 unspecified atom stereocenters. The second kappa shape index (κ2) is 11.3. The number of fused-ring (bicyclic) bond motifs is 3. The second-order valence-electron chi connectivity index (χ2n) is 10.4. The fraction of sp³-hybridized carbons (Fsp3) is 0.400. The molecule has 0 bridgehead atoms. The molecule has 0 radical (unpaired) electrons. The van der Waals surface area contributed by atoms with Crippen molar-refractivity contribution < 1.29 is 37.0 Å². The van der Waals surface area contributed by atoms with Gasteiger partial charge in [0.05, 0.1) is 23.1 Å². The highest BCUT2D eigenvalue weighted by Crippen LogP contribution is 2.37. The zero-order valence-electron chi connectivity index (χ0n) is 24.1. The van der Waals surface area contributed by atoms with Crippen LogP contribution in [0.3, 0.4) is 0 Å². The van der Waals surface area contributed by atoms with Crippen molar-refractivity contribution in [1.29, 1.82) is 0 Å². The Morgan fingerprint density at radius 2 is 1.62 bits per heavy atom. The molecule has 1 aliphatic rings. The maximum Gasteiger partial charge on any atom is 0.573 e. The van der Waals surface area contributed by atoms with Gasteiger partial charge in [0.2, 0.25) is 18.6 Å². The molecule has 0 amide bonds. The van der Waals surface area contributed by atoms with Crippen LogP contribution in [0.5, 0.6) is 17.2 Å². The topological polar surface area (TPSA) is 78.2 Å². The van der Waals surface area contributed by atoms with Crippen molar-refractivity contribution in [2.75, 3.05) is 26.9 Å². The molecule has 2 aromatic heterocycles. The molecule has 1 aliphatic heterocycles. The zero-order chi connectivity index (χ0) is 30.3. The molecule has 0 spiro atoms. The molecule has 0 N–H and O–H groups in total. The van der Waals surface area contributed by atoms with Gasteiger partial charge < -0.3 is 14.2 Å². The molecule has 9 nitrogen and oxygen atoms in total. The number of nitrogens with zero attached hydrogens (tertiary/aromatic N) is 4. The van der Waals surface area contributed by atoms with Gasteiger partial charge in [-0.3, -0.25) is 28.5 Å². The molecule has 3 heterocycles. The van der Waals surface area contributed by atoms with Crippen molar-refractivity contribution in [3.63, 3.8) is 0 Å². The number of alkyl halides is 3. The Morgan fingerprint density at radius 1 is 0.952 bits per heavy atom. The van der Waals surface area contributed by atoms with Gasteiger partial charge in [-0.2, -0.15) is 0 Å². The lowest BCUT2D eigenvalue weighted by molar-refractivity contribution is -0.274. The van der Waals surface area contributed by atoms with Crippen molar-refractivity contribution in [3.8, 4) is 17.2 Å². The van der Waals surface area contributed by atoms with Crippen LogP contribution in [0.15, 0.2) is 48.8 Å². The van der Waals surface area contributed by atoms with Crippen LogP contribution in [0.25, 0.3) is 21.8 Å². The highest BCUT2D eigenvalue weighted by atomic mass is 19.4. The van der Waals surface area contributed by atoms with E-state index in [0.717, 1.165) is 5.39 Å². The highest BCUT2D eigenvalue weighted by molar-refractivity contribution is 5.98. The largest absolute Gasteiger partial charge is 0.573 e. The summed E-state index contributed by atoms with van der Waals surface area (Å²) in [5.41, 5.74) is 1.72. The summed E-state index contributed by atoms with van der Waals surface area (Å²) in [6.45, 7) is 9.12. The van der Waals surface area contributed by atoms with Crippen molar-refractivity contribution >= 4 is 33.6 Å². The predicted octanol–water partition coefficient (Wildman–Crippen LogP) is 5.75. The number of hydrogen-bond donors (Lipinski definition) is 0. The first kappa shape index (κ1) is 29.5. The van der Waals surface area contributed by atoms with E-state index >= 15 is 0 Å². The van der Waals surface area contributed by atoms with E-state index in [1.165, 1.54) is 22.8 Å². The average Bonchev–Trinajstić information content (AvgIpc) is 3.67. The Hall–Kier alpha value is -4.03. The van der Waals surface area contributed by atoms with E-state index in [4.69, 9.17) is 9.47 Å². The van der Waals surface area contributed by atoms with E-state index < -0.39 is 18.4 Å². The molecule has 0 aliphatic carbocycles. The minimum Gasteiger partial charge on any atom is -0.454 e. The summed E-state index contributed by atoms with van der Waals surface area (Å²) < 4.78 is 57.2. The number of carbonyl (C=O) groups excluding carboxylic acids is 2. The van der Waals surface area contributed by atoms with E-state index in [1.807, 2.05) is 37.8 Å². The van der Waals surface area contributed by atoms with E-state index in [-0.39, 0.29) is 30.9 Å². The SMILES string of the molecule is CCN(CC)[C@@H](C)C(=O)n1cc(CN(C)[C@@H](C)C(=O)n2ccc3cc4c(cc32)OCO4)c2cc(OC(F)(F)F)ccc21. The third-order valence-electron chi connectivity index (χ3n) is 7.91. The summed E-state index contributed by atoms with van der Waals surface area (Å²) in [6.07, 6.45) is -1.53. The smallest absolute Gasteiger partial charge is 0.454 e. The van der Waals surface area contributed by atoms with Crippen LogP contribution >= 0.6 is 0 Å². The summed E-state index contributed by atoms with van der Waals surface area (Å²) in [4.78, 5) is 30.9. The Morgan fingerprint density at radius 3 is 2.29 bits per heavy atom. The minimum absolute atomic E-state index is 0.120. The van der Waals surface area contributed by atoms with Gasteiger partial charge in [0, 0.05) is 35.8 Å². The molecule has 0 saturated heterocycles. The van der Waals surface area contributed by atoms with E-state index in [1.54, 1.807) is 41.9 Å². The molecule has 224 valence electrons. The predicted molar refractivity (Wildman–Crippen MR) is 151 cm³/mol. The Kier molecular flexibility index (Phi) is 7.95. The number of aromatic nitrogens is 2. The molecule has 4 aromatic rings. The van der Waals surface area contributed by atoms with Crippen molar-refractivity contribution in [2.45, 2.75) is 52.7 Å². The molecular weight excluding hydrogens is 553 g/mol. The summed E-state index contributed by atoms with van der Waals surface area (Å²) in [5.74, 6) is 0.381. The molecule has 2 atom stereocenters. The van der Waals surface area contributed by atoms with E-state index in [9.17, 15) is 22.8 Å². The van der Waals surface area contributed by atoms with Gasteiger partial charge >= 0.3 is 6.36 Å². The maximum atomic E-state index is 13.6. The average molecular weight is 587 g/mol. The molecule has 42 heavy (non-hydrogen) atoms. The second-order valence-corrected chi connectivity index (χ2v) is 10.4. The van der Waals surface area contributed by atoms with Gasteiger partial charge in [0.15, 0.2) is 11.5 Å². The first-order chi connectivity index (χ1) is 19.9. The van der Waals surface area contributed by atoms with Crippen molar-refractivity contribution in [1.82, 2.24) is 18.9 Å². The minimum atomic E-state index is -4.86. The number of ether oxygens (including phenoxy) is 3. The van der Waals surface area contributed by atoms with Crippen LogP contribution in [0.1, 0.15) is 42.8 Å². The fourth-order valence-corrected chi connectivity index (χ4v) is 5.42. The number of halogens is 3. The molecule has 12 heteroatoms. The third kappa shape index (κ3) is 5.56. The number of rotatable bonds is 9. The Labute approximate surface area is 240 Å². The number of benzene rings is 2. The first-order valence-corrected chi connectivity index (χ1v) is 13.7. The van der Waals surface area contributed by atoms with Gasteiger partial charge in [0.25, 0.3) is 0 Å². The first-order valence-electron chi connectivity index (χ1n) is 13.7. The number of carbonyl (C=O) groups is 2. The Balaban J connectivity index is 1.46.